The Hall–Kier alpha value is -2.84. The molecule has 1 aliphatic rings. The molecule has 1 aliphatic heterocycles. The molecule has 2 amide bonds. The van der Waals surface area contributed by atoms with Gasteiger partial charge < -0.3 is 21.1 Å². The van der Waals surface area contributed by atoms with Gasteiger partial charge in [-0.1, -0.05) is 38.1 Å². The van der Waals surface area contributed by atoms with Gasteiger partial charge in [-0.25, -0.2) is 8.78 Å². The zero-order valence-corrected chi connectivity index (χ0v) is 19.8. The molecule has 3 rings (SSSR count). The second-order valence-electron chi connectivity index (χ2n) is 9.38. The highest BCUT2D eigenvalue weighted by Gasteiger charge is 2.38. The fourth-order valence-corrected chi connectivity index (χ4v) is 4.50. The first kappa shape index (κ1) is 25.8. The van der Waals surface area contributed by atoms with E-state index in [4.69, 9.17) is 0 Å². The molecule has 184 valence electrons. The summed E-state index contributed by atoms with van der Waals surface area (Å²) in [5.41, 5.74) is 1.75. The van der Waals surface area contributed by atoms with Crippen LogP contribution in [0.15, 0.2) is 42.5 Å². The first-order chi connectivity index (χ1) is 16.1. The van der Waals surface area contributed by atoms with Gasteiger partial charge in [0.25, 0.3) is 0 Å². The molecule has 1 saturated heterocycles. The number of hydrogen-bond donors (Lipinski definition) is 4. The molecule has 34 heavy (non-hydrogen) atoms. The lowest BCUT2D eigenvalue weighted by molar-refractivity contribution is -0.124. The van der Waals surface area contributed by atoms with Gasteiger partial charge in [-0.3, -0.25) is 9.59 Å². The van der Waals surface area contributed by atoms with Crippen molar-refractivity contribution >= 4 is 11.8 Å². The Labute approximate surface area is 199 Å². The predicted molar refractivity (Wildman–Crippen MR) is 126 cm³/mol. The number of amides is 2. The number of rotatable bonds is 9. The molecular weight excluding hydrogens is 440 g/mol. The van der Waals surface area contributed by atoms with E-state index in [2.05, 4.69) is 35.9 Å². The molecule has 0 bridgehead atoms. The second-order valence-corrected chi connectivity index (χ2v) is 9.38. The van der Waals surface area contributed by atoms with E-state index >= 15 is 0 Å². The molecular formula is C26H33F2N3O3. The number of benzene rings is 2. The van der Waals surface area contributed by atoms with Gasteiger partial charge in [-0.2, -0.15) is 0 Å². The minimum Gasteiger partial charge on any atom is -0.390 e. The van der Waals surface area contributed by atoms with Crippen LogP contribution < -0.4 is 16.0 Å². The first-order valence-corrected chi connectivity index (χ1v) is 11.6. The standard InChI is InChI=1S/C26H33F2N3O3/c1-16(2)19-5-4-6-20(12-19)26(7-8-29-25(34)14-26)30-15-24(33)23(31-17(3)32)11-18-9-21(27)13-22(28)10-18/h4-6,9-10,12-13,16,23-24,30,33H,7-8,11,14-15H2,1-3H3,(H,29,34)(H,31,32)/t23?,24-,26-/m1/s1. The van der Waals surface area contributed by atoms with Crippen molar-refractivity contribution in [3.8, 4) is 0 Å². The molecule has 0 aliphatic carbocycles. The summed E-state index contributed by atoms with van der Waals surface area (Å²) in [4.78, 5) is 24.1. The summed E-state index contributed by atoms with van der Waals surface area (Å²) in [6, 6.07) is 10.4. The fraction of sp³-hybridized carbons (Fsp3) is 0.462. The summed E-state index contributed by atoms with van der Waals surface area (Å²) in [6.45, 7) is 6.09. The van der Waals surface area contributed by atoms with E-state index in [0.717, 1.165) is 17.2 Å². The molecule has 0 radical (unpaired) electrons. The topological polar surface area (TPSA) is 90.5 Å². The molecule has 2 aromatic rings. The van der Waals surface area contributed by atoms with E-state index in [1.807, 2.05) is 18.2 Å². The number of carbonyl (C=O) groups excluding carboxylic acids is 2. The lowest BCUT2D eigenvalue weighted by Gasteiger charge is -2.40. The van der Waals surface area contributed by atoms with E-state index in [0.29, 0.717) is 24.4 Å². The number of aliphatic hydroxyl groups excluding tert-OH is 1. The van der Waals surface area contributed by atoms with Crippen molar-refractivity contribution in [2.75, 3.05) is 13.1 Å². The van der Waals surface area contributed by atoms with E-state index < -0.39 is 29.3 Å². The lowest BCUT2D eigenvalue weighted by Crippen LogP contribution is -2.56. The summed E-state index contributed by atoms with van der Waals surface area (Å²) in [5, 5.41) is 19.9. The molecule has 8 heteroatoms. The molecule has 1 heterocycles. The Morgan fingerprint density at radius 2 is 1.88 bits per heavy atom. The van der Waals surface area contributed by atoms with Gasteiger partial charge in [0, 0.05) is 32.5 Å². The number of nitrogens with one attached hydrogen (secondary N) is 3. The van der Waals surface area contributed by atoms with E-state index in [-0.39, 0.29) is 31.2 Å². The van der Waals surface area contributed by atoms with Crippen LogP contribution in [0.4, 0.5) is 8.78 Å². The second kappa shape index (κ2) is 11.1. The van der Waals surface area contributed by atoms with Gasteiger partial charge in [-0.15, -0.1) is 0 Å². The van der Waals surface area contributed by atoms with Crippen LogP contribution in [0.1, 0.15) is 56.2 Å². The van der Waals surface area contributed by atoms with Crippen LogP contribution >= 0.6 is 0 Å². The van der Waals surface area contributed by atoms with E-state index in [9.17, 15) is 23.5 Å². The highest BCUT2D eigenvalue weighted by atomic mass is 19.1. The van der Waals surface area contributed by atoms with E-state index in [1.54, 1.807) is 0 Å². The number of aliphatic hydroxyl groups is 1. The Morgan fingerprint density at radius 1 is 1.18 bits per heavy atom. The van der Waals surface area contributed by atoms with Gasteiger partial charge in [0.2, 0.25) is 11.8 Å². The molecule has 1 unspecified atom stereocenters. The maximum atomic E-state index is 13.7. The first-order valence-electron chi connectivity index (χ1n) is 11.6. The third kappa shape index (κ3) is 6.61. The predicted octanol–water partition coefficient (Wildman–Crippen LogP) is 2.89. The molecule has 6 nitrogen and oxygen atoms in total. The van der Waals surface area contributed by atoms with Crippen molar-refractivity contribution in [2.24, 2.45) is 0 Å². The van der Waals surface area contributed by atoms with Crippen LogP contribution in [-0.2, 0) is 21.5 Å². The third-order valence-corrected chi connectivity index (χ3v) is 6.32. The summed E-state index contributed by atoms with van der Waals surface area (Å²) in [6.07, 6.45) is -0.174. The molecule has 3 atom stereocenters. The molecule has 0 aromatic heterocycles. The maximum Gasteiger partial charge on any atom is 0.222 e. The Morgan fingerprint density at radius 3 is 2.50 bits per heavy atom. The van der Waals surface area contributed by atoms with Crippen LogP contribution in [0, 0.1) is 11.6 Å². The molecule has 2 aromatic carbocycles. The van der Waals surface area contributed by atoms with Crippen molar-refractivity contribution in [3.63, 3.8) is 0 Å². The average Bonchev–Trinajstić information content (AvgIpc) is 2.76. The SMILES string of the molecule is CC(=O)NC(Cc1cc(F)cc(F)c1)[C@H](O)CN[C@]1(c2cccc(C(C)C)c2)CCNC(=O)C1. The zero-order valence-electron chi connectivity index (χ0n) is 19.8. The third-order valence-electron chi connectivity index (χ3n) is 6.32. The van der Waals surface area contributed by atoms with Gasteiger partial charge in [-0.05, 0) is 47.6 Å². The minimum atomic E-state index is -1.06. The molecule has 0 saturated carbocycles. The minimum absolute atomic E-state index is 0.0490. The summed E-state index contributed by atoms with van der Waals surface area (Å²) in [7, 11) is 0. The number of hydrogen-bond acceptors (Lipinski definition) is 4. The summed E-state index contributed by atoms with van der Waals surface area (Å²) >= 11 is 0. The van der Waals surface area contributed by atoms with Gasteiger partial charge in [0.05, 0.1) is 17.7 Å². The van der Waals surface area contributed by atoms with E-state index in [1.165, 1.54) is 19.1 Å². The quantitative estimate of drug-likeness (QED) is 0.451. The zero-order chi connectivity index (χ0) is 24.9. The summed E-state index contributed by atoms with van der Waals surface area (Å²) in [5.74, 6) is -1.58. The van der Waals surface area contributed by atoms with Crippen molar-refractivity contribution in [1.82, 2.24) is 16.0 Å². The Balaban J connectivity index is 1.82. The smallest absolute Gasteiger partial charge is 0.222 e. The van der Waals surface area contributed by atoms with Crippen molar-refractivity contribution < 1.29 is 23.5 Å². The number of piperidine rings is 1. The monoisotopic (exact) mass is 473 g/mol. The lowest BCUT2D eigenvalue weighted by atomic mass is 9.79. The Kier molecular flexibility index (Phi) is 8.38. The molecule has 1 fully saturated rings. The van der Waals surface area contributed by atoms with Crippen LogP contribution in [0.3, 0.4) is 0 Å². The van der Waals surface area contributed by atoms with Crippen molar-refractivity contribution in [3.05, 3.63) is 70.8 Å². The van der Waals surface area contributed by atoms with Crippen molar-refractivity contribution in [2.45, 2.75) is 63.6 Å². The number of halogens is 2. The normalized spacial score (nSPS) is 20.0. The average molecular weight is 474 g/mol. The maximum absolute atomic E-state index is 13.7. The highest BCUT2D eigenvalue weighted by molar-refractivity contribution is 5.78. The molecule has 4 N–H and O–H groups in total. The van der Waals surface area contributed by atoms with Crippen LogP contribution in [0.2, 0.25) is 0 Å². The fourth-order valence-electron chi connectivity index (χ4n) is 4.50. The van der Waals surface area contributed by atoms with Crippen molar-refractivity contribution in [1.29, 1.82) is 0 Å². The van der Waals surface area contributed by atoms with Crippen LogP contribution in [0.5, 0.6) is 0 Å². The largest absolute Gasteiger partial charge is 0.390 e. The summed E-state index contributed by atoms with van der Waals surface area (Å²) < 4.78 is 27.3. The van der Waals surface area contributed by atoms with Crippen LogP contribution in [0.25, 0.3) is 0 Å². The number of carbonyl (C=O) groups is 2. The highest BCUT2D eigenvalue weighted by Crippen LogP contribution is 2.33. The van der Waals surface area contributed by atoms with Crippen LogP contribution in [-0.4, -0.2) is 42.2 Å². The van der Waals surface area contributed by atoms with Gasteiger partial charge in [0.1, 0.15) is 11.6 Å². The van der Waals surface area contributed by atoms with Gasteiger partial charge in [0.15, 0.2) is 0 Å². The Bertz CT molecular complexity index is 1010. The van der Waals surface area contributed by atoms with Gasteiger partial charge >= 0.3 is 0 Å². The molecule has 0 spiro atoms.